The van der Waals surface area contributed by atoms with Crippen molar-refractivity contribution in [2.24, 2.45) is 0 Å². The summed E-state index contributed by atoms with van der Waals surface area (Å²) in [5.74, 6) is 0.883. The van der Waals surface area contributed by atoms with Gasteiger partial charge in [0.15, 0.2) is 0 Å². The zero-order valence-corrected chi connectivity index (χ0v) is 13.5. The molecule has 0 aliphatic rings. The van der Waals surface area contributed by atoms with Gasteiger partial charge in [-0.15, -0.1) is 11.3 Å². The van der Waals surface area contributed by atoms with Crippen molar-refractivity contribution in [3.05, 3.63) is 69.8 Å². The SMILES string of the molecule is O=C(Nc1ccc(Cl)cn1)c1ccc(OCc2cscn2)cc1. The molecule has 23 heavy (non-hydrogen) atoms. The Balaban J connectivity index is 1.59. The molecule has 116 valence electrons. The fourth-order valence-corrected chi connectivity index (χ4v) is 2.46. The highest BCUT2D eigenvalue weighted by molar-refractivity contribution is 7.07. The van der Waals surface area contributed by atoms with Gasteiger partial charge in [0.05, 0.1) is 16.2 Å². The lowest BCUT2D eigenvalue weighted by Crippen LogP contribution is -2.12. The summed E-state index contributed by atoms with van der Waals surface area (Å²) in [6.07, 6.45) is 1.48. The third-order valence-electron chi connectivity index (χ3n) is 2.96. The van der Waals surface area contributed by atoms with E-state index in [4.69, 9.17) is 16.3 Å². The van der Waals surface area contributed by atoms with Crippen LogP contribution in [0.4, 0.5) is 5.82 Å². The van der Waals surface area contributed by atoms with Crippen molar-refractivity contribution in [2.45, 2.75) is 6.61 Å². The molecule has 7 heteroatoms. The third-order valence-corrected chi connectivity index (χ3v) is 3.81. The highest BCUT2D eigenvalue weighted by Crippen LogP contribution is 2.16. The molecule has 3 aromatic rings. The van der Waals surface area contributed by atoms with Crippen molar-refractivity contribution in [1.29, 1.82) is 0 Å². The maximum Gasteiger partial charge on any atom is 0.256 e. The number of benzene rings is 1. The lowest BCUT2D eigenvalue weighted by atomic mass is 10.2. The molecule has 0 saturated heterocycles. The summed E-state index contributed by atoms with van der Waals surface area (Å²) < 4.78 is 5.60. The van der Waals surface area contributed by atoms with E-state index >= 15 is 0 Å². The number of pyridine rings is 1. The van der Waals surface area contributed by atoms with Crippen LogP contribution in [0.25, 0.3) is 0 Å². The molecule has 2 heterocycles. The first-order chi connectivity index (χ1) is 11.2. The summed E-state index contributed by atoms with van der Waals surface area (Å²) in [5, 5.41) is 5.15. The molecule has 1 aromatic carbocycles. The minimum atomic E-state index is -0.245. The summed E-state index contributed by atoms with van der Waals surface area (Å²) in [6, 6.07) is 10.2. The van der Waals surface area contributed by atoms with Crippen molar-refractivity contribution in [3.8, 4) is 5.75 Å². The Morgan fingerprint density at radius 1 is 1.17 bits per heavy atom. The average molecular weight is 346 g/mol. The second-order valence-corrected chi connectivity index (χ2v) is 5.76. The van der Waals surface area contributed by atoms with Crippen molar-refractivity contribution in [1.82, 2.24) is 9.97 Å². The molecule has 1 amide bonds. The standard InChI is InChI=1S/C16H12ClN3O2S/c17-12-3-6-15(18-7-12)20-16(21)11-1-4-14(5-2-11)22-8-13-9-23-10-19-13/h1-7,9-10H,8H2,(H,18,20,21). The fourth-order valence-electron chi connectivity index (χ4n) is 1.81. The van der Waals surface area contributed by atoms with Gasteiger partial charge in [-0.3, -0.25) is 4.79 Å². The van der Waals surface area contributed by atoms with Gasteiger partial charge in [0.1, 0.15) is 18.2 Å². The van der Waals surface area contributed by atoms with Gasteiger partial charge < -0.3 is 10.1 Å². The Hall–Kier alpha value is -2.44. The number of carbonyl (C=O) groups excluding carboxylic acids is 1. The minimum absolute atomic E-state index is 0.245. The number of aromatic nitrogens is 2. The molecular weight excluding hydrogens is 334 g/mol. The summed E-state index contributed by atoms with van der Waals surface area (Å²) in [7, 11) is 0. The van der Waals surface area contributed by atoms with Crippen LogP contribution >= 0.6 is 22.9 Å². The molecule has 5 nitrogen and oxygen atoms in total. The largest absolute Gasteiger partial charge is 0.487 e. The summed E-state index contributed by atoms with van der Waals surface area (Å²) in [6.45, 7) is 0.406. The second kappa shape index (κ2) is 7.21. The molecule has 0 unspecified atom stereocenters. The van der Waals surface area contributed by atoms with E-state index < -0.39 is 0 Å². The predicted octanol–water partition coefficient (Wildman–Crippen LogP) is 4.02. The number of nitrogens with one attached hydrogen (secondary N) is 1. The van der Waals surface area contributed by atoms with Gasteiger partial charge >= 0.3 is 0 Å². The smallest absolute Gasteiger partial charge is 0.256 e. The van der Waals surface area contributed by atoms with Crippen LogP contribution in [-0.4, -0.2) is 15.9 Å². The van der Waals surface area contributed by atoms with Gasteiger partial charge in [0, 0.05) is 17.1 Å². The Labute approximate surface area is 141 Å². The zero-order chi connectivity index (χ0) is 16.1. The lowest BCUT2D eigenvalue weighted by molar-refractivity contribution is 0.102. The van der Waals surface area contributed by atoms with Crippen LogP contribution in [0.15, 0.2) is 53.5 Å². The highest BCUT2D eigenvalue weighted by Gasteiger charge is 2.07. The van der Waals surface area contributed by atoms with Gasteiger partial charge in [-0.1, -0.05) is 11.6 Å². The van der Waals surface area contributed by atoms with Crippen molar-refractivity contribution >= 4 is 34.7 Å². The Kier molecular flexibility index (Phi) is 4.85. The molecule has 0 bridgehead atoms. The van der Waals surface area contributed by atoms with E-state index in [9.17, 15) is 4.79 Å². The summed E-state index contributed by atoms with van der Waals surface area (Å²) in [4.78, 5) is 20.3. The molecule has 0 aliphatic carbocycles. The molecule has 0 atom stereocenters. The van der Waals surface area contributed by atoms with Gasteiger partial charge in [0.2, 0.25) is 0 Å². The monoisotopic (exact) mass is 345 g/mol. The van der Waals surface area contributed by atoms with E-state index in [0.717, 1.165) is 5.69 Å². The summed E-state index contributed by atoms with van der Waals surface area (Å²) >= 11 is 7.28. The maximum absolute atomic E-state index is 12.1. The highest BCUT2D eigenvalue weighted by atomic mass is 35.5. The van der Waals surface area contributed by atoms with Crippen molar-refractivity contribution in [2.75, 3.05) is 5.32 Å². The van der Waals surface area contributed by atoms with E-state index in [-0.39, 0.29) is 5.91 Å². The number of hydrogen-bond donors (Lipinski definition) is 1. The average Bonchev–Trinajstić information content (AvgIpc) is 3.09. The number of ether oxygens (including phenoxy) is 1. The maximum atomic E-state index is 12.1. The molecule has 0 saturated carbocycles. The van der Waals surface area contributed by atoms with Gasteiger partial charge in [-0.2, -0.15) is 0 Å². The molecule has 0 radical (unpaired) electrons. The predicted molar refractivity (Wildman–Crippen MR) is 90.1 cm³/mol. The quantitative estimate of drug-likeness (QED) is 0.758. The number of nitrogens with zero attached hydrogens (tertiary/aromatic N) is 2. The number of amides is 1. The molecule has 0 fully saturated rings. The van der Waals surface area contributed by atoms with E-state index in [2.05, 4.69) is 15.3 Å². The summed E-state index contributed by atoms with van der Waals surface area (Å²) in [5.41, 5.74) is 3.16. The van der Waals surface area contributed by atoms with E-state index in [1.54, 1.807) is 41.9 Å². The van der Waals surface area contributed by atoms with Crippen LogP contribution < -0.4 is 10.1 Å². The number of halogens is 1. The van der Waals surface area contributed by atoms with Gasteiger partial charge in [0.25, 0.3) is 5.91 Å². The molecule has 2 aromatic heterocycles. The van der Waals surface area contributed by atoms with Crippen LogP contribution in [0, 0.1) is 0 Å². The normalized spacial score (nSPS) is 10.3. The second-order valence-electron chi connectivity index (χ2n) is 4.61. The van der Waals surface area contributed by atoms with Crippen molar-refractivity contribution in [3.63, 3.8) is 0 Å². The van der Waals surface area contributed by atoms with E-state index in [0.29, 0.717) is 28.8 Å². The lowest BCUT2D eigenvalue weighted by Gasteiger charge is -2.07. The molecule has 0 aliphatic heterocycles. The Morgan fingerprint density at radius 3 is 2.65 bits per heavy atom. The van der Waals surface area contributed by atoms with Crippen LogP contribution in [0.1, 0.15) is 16.1 Å². The van der Waals surface area contributed by atoms with Crippen LogP contribution in [0.3, 0.4) is 0 Å². The number of anilines is 1. The zero-order valence-electron chi connectivity index (χ0n) is 11.9. The first kappa shape index (κ1) is 15.5. The van der Waals surface area contributed by atoms with E-state index in [1.807, 2.05) is 5.38 Å². The van der Waals surface area contributed by atoms with Crippen LogP contribution in [0.2, 0.25) is 5.02 Å². The number of thiazole rings is 1. The van der Waals surface area contributed by atoms with E-state index in [1.165, 1.54) is 17.5 Å². The molecule has 0 spiro atoms. The molecule has 3 rings (SSSR count). The van der Waals surface area contributed by atoms with Crippen LogP contribution in [-0.2, 0) is 6.61 Å². The first-order valence-corrected chi connectivity index (χ1v) is 8.05. The Morgan fingerprint density at radius 2 is 2.00 bits per heavy atom. The third kappa shape index (κ3) is 4.28. The minimum Gasteiger partial charge on any atom is -0.487 e. The topological polar surface area (TPSA) is 64.1 Å². The van der Waals surface area contributed by atoms with Crippen molar-refractivity contribution < 1.29 is 9.53 Å². The van der Waals surface area contributed by atoms with Gasteiger partial charge in [-0.05, 0) is 36.4 Å². The number of hydrogen-bond acceptors (Lipinski definition) is 5. The molecular formula is C16H12ClN3O2S. The molecule has 1 N–H and O–H groups in total. The Bertz CT molecular complexity index is 774. The number of carbonyl (C=O) groups is 1. The van der Waals surface area contributed by atoms with Crippen LogP contribution in [0.5, 0.6) is 5.75 Å². The van der Waals surface area contributed by atoms with Gasteiger partial charge in [-0.25, -0.2) is 9.97 Å². The number of rotatable bonds is 5. The first-order valence-electron chi connectivity index (χ1n) is 6.73. The fraction of sp³-hybridized carbons (Fsp3) is 0.0625.